The molecule has 0 spiro atoms. The van der Waals surface area contributed by atoms with Gasteiger partial charge in [0.05, 0.1) is 51.5 Å². The van der Waals surface area contributed by atoms with Crippen molar-refractivity contribution < 1.29 is 67.3 Å². The van der Waals surface area contributed by atoms with E-state index in [9.17, 15) is 44.1 Å². The number of allylic oxidation sites excluding steroid dienone is 1. The molecule has 0 saturated heterocycles. The quantitative estimate of drug-likeness (QED) is 0.0145. The molecule has 0 atom stereocenters. The number of nitrogens with one attached hydrogen (secondary N) is 2. The molecule has 0 fully saturated rings. The van der Waals surface area contributed by atoms with E-state index in [0.717, 1.165) is 10.0 Å². The number of alkyl halides is 1. The Morgan fingerprint density at radius 2 is 1.09 bits per heavy atom. The molecule has 1 aliphatic heterocycles. The van der Waals surface area contributed by atoms with Crippen LogP contribution in [0, 0.1) is 0 Å². The molecule has 6 N–H and O–H groups in total. The second-order valence-corrected chi connectivity index (χ2v) is 18.1. The summed E-state index contributed by atoms with van der Waals surface area (Å²) in [7, 11) is -1.44. The second-order valence-electron chi connectivity index (χ2n) is 17.9. The number of aromatic nitrogens is 1. The Balaban J connectivity index is 1.05. The maximum atomic E-state index is 15.3. The fraction of sp³-hybridized carbons (Fsp3) is 0.296. The summed E-state index contributed by atoms with van der Waals surface area (Å²) >= 11 is 5.83. The van der Waals surface area contributed by atoms with Crippen LogP contribution in [0.1, 0.15) is 11.1 Å². The van der Waals surface area contributed by atoms with Gasteiger partial charge in [-0.15, -0.1) is 11.6 Å². The van der Waals surface area contributed by atoms with Gasteiger partial charge in [-0.1, -0.05) is 84.9 Å². The van der Waals surface area contributed by atoms with Crippen molar-refractivity contribution in [2.75, 3.05) is 105 Å². The standard InChI is InChI=1S/C54H59BClF2N9O12/c1-78-41-16-12-38(13-17-41)44-29-46(40-10-6-3-7-11-40)67(55(57)58)54(44)62-53-43(28-45(61-53)39-8-4-2-5-9-39)37-14-18-42(19-15-37)79-35-48(69)60-21-20-59-47(68)30-65(33-51(74)75)26-24-63(31-49(70)71)22-23-64(32-50(72)73)25-27-66(36-56)34-52(76)77/h2-19,28-29H,20-27,30-36H2,1H3,(H,59,68)(H,60,69)(H,70,71)(H,72,73)(H,74,75)(H,76,77). The van der Waals surface area contributed by atoms with Crippen molar-refractivity contribution in [3.05, 3.63) is 132 Å². The Bertz CT molecular complexity index is 2990. The normalized spacial score (nSPS) is 12.7. The van der Waals surface area contributed by atoms with Gasteiger partial charge in [0.15, 0.2) is 12.4 Å². The van der Waals surface area contributed by atoms with Crippen molar-refractivity contribution in [2.24, 2.45) is 9.98 Å². The lowest BCUT2D eigenvalue weighted by Crippen LogP contribution is -2.47. The number of carbonyl (C=O) groups is 6. The minimum Gasteiger partial charge on any atom is -0.497 e. The van der Waals surface area contributed by atoms with Gasteiger partial charge in [0.2, 0.25) is 5.91 Å². The molecule has 4 aromatic carbocycles. The number of amides is 2. The summed E-state index contributed by atoms with van der Waals surface area (Å²) in [6, 6.07) is 33.6. The molecule has 0 radical (unpaired) electrons. The van der Waals surface area contributed by atoms with E-state index in [-0.39, 0.29) is 88.8 Å². The molecule has 6 rings (SSSR count). The van der Waals surface area contributed by atoms with Crippen LogP contribution in [0.3, 0.4) is 0 Å². The number of aliphatic imine (C=N–C) groups is 2. The third-order valence-electron chi connectivity index (χ3n) is 12.2. The highest BCUT2D eigenvalue weighted by atomic mass is 35.5. The van der Waals surface area contributed by atoms with Crippen LogP contribution in [0.5, 0.6) is 11.5 Å². The number of ether oxygens (including phenoxy) is 2. The number of carboxylic acids is 4. The van der Waals surface area contributed by atoms with Gasteiger partial charge < -0.3 is 45.0 Å². The smallest absolute Gasteiger partial charge is 0.497 e. The first-order valence-corrected chi connectivity index (χ1v) is 25.3. The third-order valence-corrected chi connectivity index (χ3v) is 12.5. The molecular formula is C54H59BClF2N9O12. The number of halogens is 3. The maximum Gasteiger partial charge on any atom is 0.679 e. The van der Waals surface area contributed by atoms with Crippen LogP contribution >= 0.6 is 11.6 Å². The van der Waals surface area contributed by atoms with Gasteiger partial charge in [-0.05, 0) is 53.1 Å². The summed E-state index contributed by atoms with van der Waals surface area (Å²) in [6.45, 7) is -2.30. The monoisotopic (exact) mass is 1110 g/mol. The first-order valence-electron chi connectivity index (χ1n) is 24.8. The van der Waals surface area contributed by atoms with E-state index in [0.29, 0.717) is 45.0 Å². The molecule has 25 heteroatoms. The minimum atomic E-state index is -2.97. The largest absolute Gasteiger partial charge is 0.679 e. The number of methoxy groups -OCH3 is 1. The molecule has 0 unspecified atom stereocenters. The maximum absolute atomic E-state index is 15.3. The highest BCUT2D eigenvalue weighted by Gasteiger charge is 2.30. The summed E-state index contributed by atoms with van der Waals surface area (Å²) in [5, 5.41) is 42.9. The first-order chi connectivity index (χ1) is 38.0. The number of aliphatic carboxylic acids is 4. The van der Waals surface area contributed by atoms with Gasteiger partial charge in [0, 0.05) is 74.8 Å². The third kappa shape index (κ3) is 18.7. The zero-order valence-electron chi connectivity index (χ0n) is 43.1. The molecule has 0 saturated carbocycles. The van der Waals surface area contributed by atoms with Crippen LogP contribution in [-0.4, -0.2) is 204 Å². The van der Waals surface area contributed by atoms with Gasteiger partial charge in [-0.3, -0.25) is 57.0 Å². The highest BCUT2D eigenvalue weighted by Crippen LogP contribution is 2.41. The van der Waals surface area contributed by atoms with E-state index < -0.39 is 69.3 Å². The predicted octanol–water partition coefficient (Wildman–Crippen LogP) is 4.57. The van der Waals surface area contributed by atoms with Crippen molar-refractivity contribution >= 4 is 77.6 Å². The van der Waals surface area contributed by atoms with Crippen LogP contribution < -0.4 is 20.1 Å². The Kier molecular flexibility index (Phi) is 22.8. The zero-order chi connectivity index (χ0) is 56.8. The summed E-state index contributed by atoms with van der Waals surface area (Å²) in [5.74, 6) is -4.69. The lowest BCUT2D eigenvalue weighted by Gasteiger charge is -2.29. The molecule has 79 heavy (non-hydrogen) atoms. The van der Waals surface area contributed by atoms with Gasteiger partial charge >= 0.3 is 31.3 Å². The second kappa shape index (κ2) is 30.0. The molecule has 2 heterocycles. The van der Waals surface area contributed by atoms with Gasteiger partial charge in [-0.2, -0.15) is 0 Å². The molecular weight excluding hydrogens is 1050 g/mol. The van der Waals surface area contributed by atoms with Crippen molar-refractivity contribution in [1.82, 2.24) is 34.7 Å². The summed E-state index contributed by atoms with van der Waals surface area (Å²) in [6.07, 6.45) is 1.83. The van der Waals surface area contributed by atoms with E-state index in [1.165, 1.54) is 26.7 Å². The molecule has 0 aliphatic carbocycles. The molecule has 2 amide bonds. The van der Waals surface area contributed by atoms with Gasteiger partial charge in [0.1, 0.15) is 17.3 Å². The minimum absolute atomic E-state index is 0.00198. The average Bonchev–Trinajstić information content (AvgIpc) is 4.15. The topological polar surface area (TPSA) is 268 Å². The highest BCUT2D eigenvalue weighted by molar-refractivity contribution is 6.43. The van der Waals surface area contributed by atoms with E-state index in [1.807, 2.05) is 36.4 Å². The van der Waals surface area contributed by atoms with E-state index in [4.69, 9.17) is 36.2 Å². The van der Waals surface area contributed by atoms with Gasteiger partial charge in [-0.25, -0.2) is 9.98 Å². The molecule has 416 valence electrons. The molecule has 0 bridgehead atoms. The average molecular weight is 1110 g/mol. The van der Waals surface area contributed by atoms with Crippen molar-refractivity contribution in [3.63, 3.8) is 0 Å². The number of carboxylic acid groups (broad SMARTS) is 4. The molecule has 5 aromatic rings. The van der Waals surface area contributed by atoms with Crippen molar-refractivity contribution in [3.8, 4) is 33.9 Å². The first kappa shape index (κ1) is 60.0. The van der Waals surface area contributed by atoms with Crippen LogP contribution in [0.15, 0.2) is 131 Å². The van der Waals surface area contributed by atoms with Crippen LogP contribution in [0.25, 0.3) is 28.0 Å². The SMILES string of the molecule is COc1ccc(-c2cc(-c3ccccc3)n(B(F)F)c2N=C2N=C(c3ccccc3)C=C2c2ccc(OCC(=O)NCCNC(=O)CN(CCN(CCN(CCN(CCl)CC(=O)O)CC(=O)O)CC(=O)O)CC(=O)O)cc2)cc1. The number of hydrogen-bond acceptors (Lipinski definition) is 13. The Hall–Kier alpha value is -8.29. The van der Waals surface area contributed by atoms with Crippen molar-refractivity contribution in [2.45, 2.75) is 0 Å². The number of nitrogens with zero attached hydrogens (tertiary/aromatic N) is 7. The number of rotatable bonds is 33. The van der Waals surface area contributed by atoms with E-state index in [1.54, 1.807) is 84.9 Å². The Morgan fingerprint density at radius 3 is 1.62 bits per heavy atom. The van der Waals surface area contributed by atoms with Crippen molar-refractivity contribution in [1.29, 1.82) is 0 Å². The molecule has 1 aliphatic rings. The van der Waals surface area contributed by atoms with Crippen LogP contribution in [-0.2, 0) is 28.8 Å². The lowest BCUT2D eigenvalue weighted by molar-refractivity contribution is -0.141. The number of carbonyl (C=O) groups excluding carboxylic acids is 2. The summed E-state index contributed by atoms with van der Waals surface area (Å²) in [5.41, 5.74) is 4.42. The Morgan fingerprint density at radius 1 is 0.608 bits per heavy atom. The Labute approximate surface area is 459 Å². The van der Waals surface area contributed by atoms with Crippen LogP contribution in [0.2, 0.25) is 0 Å². The van der Waals surface area contributed by atoms with E-state index >= 15 is 8.63 Å². The number of benzene rings is 4. The number of hydrogen-bond donors (Lipinski definition) is 6. The number of amidine groups is 1. The summed E-state index contributed by atoms with van der Waals surface area (Å²) < 4.78 is 42.6. The lowest BCUT2D eigenvalue weighted by atomic mass is 10.0. The fourth-order valence-corrected chi connectivity index (χ4v) is 8.55. The van der Waals surface area contributed by atoms with Gasteiger partial charge in [0.25, 0.3) is 5.91 Å². The molecule has 1 aromatic heterocycles. The molecule has 21 nitrogen and oxygen atoms in total. The van der Waals surface area contributed by atoms with Crippen LogP contribution in [0.4, 0.5) is 14.4 Å². The fourth-order valence-electron chi connectivity index (χ4n) is 8.35. The zero-order valence-corrected chi connectivity index (χ0v) is 43.8. The van der Waals surface area contributed by atoms with E-state index in [2.05, 4.69) is 10.6 Å². The summed E-state index contributed by atoms with van der Waals surface area (Å²) in [4.78, 5) is 87.2. The predicted molar refractivity (Wildman–Crippen MR) is 293 cm³/mol.